The Morgan fingerprint density at radius 2 is 2.15 bits per heavy atom. The van der Waals surface area contributed by atoms with Gasteiger partial charge in [-0.2, -0.15) is 0 Å². The van der Waals surface area contributed by atoms with Gasteiger partial charge in [-0.15, -0.1) is 11.3 Å². The molecule has 0 bridgehead atoms. The number of aryl methyl sites for hydroxylation is 2. The highest BCUT2D eigenvalue weighted by Crippen LogP contribution is 2.17. The molecule has 5 nitrogen and oxygen atoms in total. The van der Waals surface area contributed by atoms with Crippen LogP contribution in [0.2, 0.25) is 0 Å². The molecule has 6 heteroatoms. The number of nitrogens with one attached hydrogen (secondary N) is 1. The standard InChI is InChI=1S/C14H23N3O2S/c1-4-19-14(18)17-7-5-12(6-8-17)15-9-13-16-10(2)11(3)20-13/h12,15H,4-9H2,1-3H3. The van der Waals surface area contributed by atoms with E-state index in [-0.39, 0.29) is 6.09 Å². The van der Waals surface area contributed by atoms with Crippen molar-refractivity contribution in [3.63, 3.8) is 0 Å². The summed E-state index contributed by atoms with van der Waals surface area (Å²) in [6, 6.07) is 0.463. The number of aromatic nitrogens is 1. The zero-order chi connectivity index (χ0) is 14.5. The highest BCUT2D eigenvalue weighted by atomic mass is 32.1. The van der Waals surface area contributed by atoms with E-state index < -0.39 is 0 Å². The highest BCUT2D eigenvalue weighted by molar-refractivity contribution is 7.11. The van der Waals surface area contributed by atoms with Crippen LogP contribution in [-0.2, 0) is 11.3 Å². The maximum Gasteiger partial charge on any atom is 0.409 e. The molecule has 20 heavy (non-hydrogen) atoms. The Labute approximate surface area is 124 Å². The van der Waals surface area contributed by atoms with Crippen molar-refractivity contribution < 1.29 is 9.53 Å². The molecular formula is C14H23N3O2S. The zero-order valence-electron chi connectivity index (χ0n) is 12.4. The first-order valence-electron chi connectivity index (χ1n) is 7.18. The van der Waals surface area contributed by atoms with Crippen LogP contribution in [0.3, 0.4) is 0 Å². The topological polar surface area (TPSA) is 54.5 Å². The second-order valence-corrected chi connectivity index (χ2v) is 6.38. The van der Waals surface area contributed by atoms with Crippen molar-refractivity contribution >= 4 is 17.4 Å². The number of rotatable bonds is 4. The van der Waals surface area contributed by atoms with Crippen molar-refractivity contribution in [2.45, 2.75) is 46.2 Å². The molecule has 1 aliphatic rings. The van der Waals surface area contributed by atoms with E-state index in [1.54, 1.807) is 16.2 Å². The predicted molar refractivity (Wildman–Crippen MR) is 80.0 cm³/mol. The smallest absolute Gasteiger partial charge is 0.409 e. The normalized spacial score (nSPS) is 16.4. The van der Waals surface area contributed by atoms with Gasteiger partial charge in [-0.3, -0.25) is 0 Å². The maximum atomic E-state index is 11.6. The Morgan fingerprint density at radius 3 is 2.70 bits per heavy atom. The number of hydrogen-bond acceptors (Lipinski definition) is 5. The fourth-order valence-electron chi connectivity index (χ4n) is 2.33. The zero-order valence-corrected chi connectivity index (χ0v) is 13.3. The third-order valence-electron chi connectivity index (χ3n) is 3.64. The Hall–Kier alpha value is -1.14. The maximum absolute atomic E-state index is 11.6. The Kier molecular flexibility index (Phi) is 5.37. The highest BCUT2D eigenvalue weighted by Gasteiger charge is 2.23. The van der Waals surface area contributed by atoms with Gasteiger partial charge in [0.05, 0.1) is 12.3 Å². The van der Waals surface area contributed by atoms with Gasteiger partial charge in [0.25, 0.3) is 0 Å². The molecule has 2 heterocycles. The summed E-state index contributed by atoms with van der Waals surface area (Å²) < 4.78 is 5.02. The molecule has 1 saturated heterocycles. The molecule has 1 aromatic heterocycles. The number of hydrogen-bond donors (Lipinski definition) is 1. The first-order chi connectivity index (χ1) is 9.60. The first-order valence-corrected chi connectivity index (χ1v) is 7.99. The van der Waals surface area contributed by atoms with Crippen LogP contribution in [0.25, 0.3) is 0 Å². The lowest BCUT2D eigenvalue weighted by atomic mass is 10.1. The summed E-state index contributed by atoms with van der Waals surface area (Å²) in [6.07, 6.45) is 1.77. The van der Waals surface area contributed by atoms with Crippen molar-refractivity contribution in [2.24, 2.45) is 0 Å². The molecule has 1 aromatic rings. The van der Waals surface area contributed by atoms with E-state index >= 15 is 0 Å². The number of piperidine rings is 1. The van der Waals surface area contributed by atoms with E-state index in [0.717, 1.165) is 43.2 Å². The van der Waals surface area contributed by atoms with Crippen LogP contribution in [0.1, 0.15) is 35.3 Å². The first kappa shape index (κ1) is 15.3. The number of ether oxygens (including phenoxy) is 1. The van der Waals surface area contributed by atoms with Crippen LogP contribution < -0.4 is 5.32 Å². The summed E-state index contributed by atoms with van der Waals surface area (Å²) in [4.78, 5) is 19.2. The SMILES string of the molecule is CCOC(=O)N1CCC(NCc2nc(C)c(C)s2)CC1. The van der Waals surface area contributed by atoms with E-state index in [4.69, 9.17) is 4.74 Å². The minimum Gasteiger partial charge on any atom is -0.450 e. The van der Waals surface area contributed by atoms with Gasteiger partial charge < -0.3 is 15.0 Å². The van der Waals surface area contributed by atoms with Gasteiger partial charge in [0.1, 0.15) is 5.01 Å². The Bertz CT molecular complexity index is 434. The average Bonchev–Trinajstić information content (AvgIpc) is 2.76. The molecule has 0 spiro atoms. The quantitative estimate of drug-likeness (QED) is 0.927. The number of carbonyl (C=O) groups excluding carboxylic acids is 1. The summed E-state index contributed by atoms with van der Waals surface area (Å²) in [6.45, 7) is 8.80. The number of likely N-dealkylation sites (tertiary alicyclic amines) is 1. The summed E-state index contributed by atoms with van der Waals surface area (Å²) in [5.41, 5.74) is 1.13. The van der Waals surface area contributed by atoms with Gasteiger partial charge >= 0.3 is 6.09 Å². The monoisotopic (exact) mass is 297 g/mol. The summed E-state index contributed by atoms with van der Waals surface area (Å²) >= 11 is 1.76. The van der Waals surface area contributed by atoms with Crippen molar-refractivity contribution in [1.29, 1.82) is 0 Å². The van der Waals surface area contributed by atoms with Crippen LogP contribution in [0.4, 0.5) is 4.79 Å². The lowest BCUT2D eigenvalue weighted by Crippen LogP contribution is -2.44. The fraction of sp³-hybridized carbons (Fsp3) is 0.714. The molecule has 1 N–H and O–H groups in total. The van der Waals surface area contributed by atoms with Crippen LogP contribution >= 0.6 is 11.3 Å². The molecule has 0 atom stereocenters. The van der Waals surface area contributed by atoms with E-state index in [0.29, 0.717) is 12.6 Å². The lowest BCUT2D eigenvalue weighted by molar-refractivity contribution is 0.0950. The molecule has 1 amide bonds. The van der Waals surface area contributed by atoms with Crippen molar-refractivity contribution in [1.82, 2.24) is 15.2 Å². The summed E-state index contributed by atoms with van der Waals surface area (Å²) in [5, 5.41) is 4.69. The van der Waals surface area contributed by atoms with E-state index in [1.165, 1.54) is 4.88 Å². The van der Waals surface area contributed by atoms with Gasteiger partial charge in [0, 0.05) is 30.6 Å². The second-order valence-electron chi connectivity index (χ2n) is 5.09. The molecule has 1 aliphatic heterocycles. The Morgan fingerprint density at radius 1 is 1.45 bits per heavy atom. The molecule has 0 unspecified atom stereocenters. The van der Waals surface area contributed by atoms with Crippen LogP contribution in [0, 0.1) is 13.8 Å². The van der Waals surface area contributed by atoms with Gasteiger partial charge in [-0.25, -0.2) is 9.78 Å². The number of carbonyl (C=O) groups is 1. The minimum atomic E-state index is -0.183. The average molecular weight is 297 g/mol. The fourth-order valence-corrected chi connectivity index (χ4v) is 3.21. The van der Waals surface area contributed by atoms with Crippen molar-refractivity contribution in [3.05, 3.63) is 15.6 Å². The van der Waals surface area contributed by atoms with Gasteiger partial charge in [-0.1, -0.05) is 0 Å². The largest absolute Gasteiger partial charge is 0.450 e. The predicted octanol–water partition coefficient (Wildman–Crippen LogP) is 2.47. The summed E-state index contributed by atoms with van der Waals surface area (Å²) in [5.74, 6) is 0. The Balaban J connectivity index is 1.73. The van der Waals surface area contributed by atoms with Crippen LogP contribution in [-0.4, -0.2) is 41.7 Å². The van der Waals surface area contributed by atoms with E-state index in [1.807, 2.05) is 13.8 Å². The molecule has 0 aromatic carbocycles. The number of thiazole rings is 1. The molecule has 2 rings (SSSR count). The van der Waals surface area contributed by atoms with Gasteiger partial charge in [0.15, 0.2) is 0 Å². The van der Waals surface area contributed by atoms with E-state index in [2.05, 4.69) is 17.2 Å². The lowest BCUT2D eigenvalue weighted by Gasteiger charge is -2.31. The van der Waals surface area contributed by atoms with Crippen molar-refractivity contribution in [2.75, 3.05) is 19.7 Å². The minimum absolute atomic E-state index is 0.183. The van der Waals surface area contributed by atoms with Gasteiger partial charge in [0.2, 0.25) is 0 Å². The third-order valence-corrected chi connectivity index (χ3v) is 4.71. The summed E-state index contributed by atoms with van der Waals surface area (Å²) in [7, 11) is 0. The number of nitrogens with zero attached hydrogens (tertiary/aromatic N) is 2. The van der Waals surface area contributed by atoms with Gasteiger partial charge in [-0.05, 0) is 33.6 Å². The van der Waals surface area contributed by atoms with Crippen molar-refractivity contribution in [3.8, 4) is 0 Å². The molecule has 0 aliphatic carbocycles. The second kappa shape index (κ2) is 7.04. The molecule has 1 fully saturated rings. The third kappa shape index (κ3) is 3.93. The molecule has 0 saturated carbocycles. The molecule has 112 valence electrons. The van der Waals surface area contributed by atoms with E-state index in [9.17, 15) is 4.79 Å². The van der Waals surface area contributed by atoms with Crippen LogP contribution in [0.15, 0.2) is 0 Å². The number of amides is 1. The molecular weight excluding hydrogens is 274 g/mol. The van der Waals surface area contributed by atoms with Crippen LogP contribution in [0.5, 0.6) is 0 Å². The molecule has 0 radical (unpaired) electrons.